The number of nitro benzene ring substituents is 1. The largest absolute Gasteiger partial charge is 0.363 e. The van der Waals surface area contributed by atoms with Crippen molar-refractivity contribution in [1.82, 2.24) is 4.90 Å². The third kappa shape index (κ3) is 4.08. The quantitative estimate of drug-likeness (QED) is 0.476. The van der Waals surface area contributed by atoms with Gasteiger partial charge in [-0.15, -0.1) is 11.6 Å². The Kier molecular flexibility index (Phi) is 5.42. The molecule has 0 amide bonds. The summed E-state index contributed by atoms with van der Waals surface area (Å²) < 4.78 is 0. The lowest BCUT2D eigenvalue weighted by atomic mass is 10.1. The molecule has 0 saturated carbocycles. The average molecular weight is 312 g/mol. The normalized spacial score (nSPS) is 16.5. The Morgan fingerprint density at radius 1 is 1.29 bits per heavy atom. The van der Waals surface area contributed by atoms with Gasteiger partial charge in [0.15, 0.2) is 0 Å². The maximum atomic E-state index is 11.3. The van der Waals surface area contributed by atoms with Gasteiger partial charge in [0.05, 0.1) is 4.92 Å². The maximum absolute atomic E-state index is 11.3. The van der Waals surface area contributed by atoms with Crippen molar-refractivity contribution in [2.24, 2.45) is 5.92 Å². The summed E-state index contributed by atoms with van der Waals surface area (Å²) in [6.45, 7) is 9.06. The summed E-state index contributed by atoms with van der Waals surface area (Å²) in [6.07, 6.45) is 0. The fourth-order valence-electron chi connectivity index (χ4n) is 2.75. The second-order valence-electron chi connectivity index (χ2n) is 5.90. The van der Waals surface area contributed by atoms with Gasteiger partial charge in [0.1, 0.15) is 5.69 Å². The van der Waals surface area contributed by atoms with E-state index in [1.807, 2.05) is 12.1 Å². The van der Waals surface area contributed by atoms with Gasteiger partial charge in [0.25, 0.3) is 5.69 Å². The van der Waals surface area contributed by atoms with Crippen LogP contribution in [0, 0.1) is 16.0 Å². The number of alkyl halides is 1. The summed E-state index contributed by atoms with van der Waals surface area (Å²) in [7, 11) is 0. The van der Waals surface area contributed by atoms with Crippen LogP contribution < -0.4 is 4.90 Å². The molecular formula is C15H22ClN3O2. The molecule has 0 spiro atoms. The van der Waals surface area contributed by atoms with Gasteiger partial charge in [-0.1, -0.05) is 19.9 Å². The molecule has 0 aliphatic carbocycles. The molecule has 1 heterocycles. The van der Waals surface area contributed by atoms with Crippen molar-refractivity contribution < 1.29 is 4.92 Å². The van der Waals surface area contributed by atoms with Gasteiger partial charge in [0, 0.05) is 44.7 Å². The zero-order chi connectivity index (χ0) is 15.4. The molecule has 116 valence electrons. The Labute approximate surface area is 130 Å². The molecule has 1 aliphatic heterocycles. The molecular weight excluding hydrogens is 290 g/mol. The zero-order valence-corrected chi connectivity index (χ0v) is 13.3. The first-order valence-corrected chi connectivity index (χ1v) is 7.85. The van der Waals surface area contributed by atoms with Gasteiger partial charge in [-0.25, -0.2) is 0 Å². The average Bonchev–Trinajstić information content (AvgIpc) is 2.47. The van der Waals surface area contributed by atoms with Gasteiger partial charge in [-0.05, 0) is 17.5 Å². The predicted octanol–water partition coefficient (Wildman–Crippen LogP) is 3.11. The van der Waals surface area contributed by atoms with Crippen molar-refractivity contribution in [3.05, 3.63) is 33.9 Å². The van der Waals surface area contributed by atoms with Crippen molar-refractivity contribution in [1.29, 1.82) is 0 Å². The second kappa shape index (κ2) is 7.09. The van der Waals surface area contributed by atoms with Crippen molar-refractivity contribution >= 4 is 23.0 Å². The summed E-state index contributed by atoms with van der Waals surface area (Å²) >= 11 is 5.77. The monoisotopic (exact) mass is 311 g/mol. The minimum absolute atomic E-state index is 0.158. The van der Waals surface area contributed by atoms with Crippen LogP contribution in [0.15, 0.2) is 18.2 Å². The van der Waals surface area contributed by atoms with E-state index < -0.39 is 0 Å². The van der Waals surface area contributed by atoms with Crippen LogP contribution in [-0.4, -0.2) is 42.5 Å². The van der Waals surface area contributed by atoms with E-state index >= 15 is 0 Å². The third-order valence-corrected chi connectivity index (χ3v) is 4.04. The Hall–Kier alpha value is -1.33. The molecule has 0 bridgehead atoms. The van der Waals surface area contributed by atoms with Crippen LogP contribution in [0.1, 0.15) is 19.4 Å². The SMILES string of the molecule is CC(C)CN1CCN(c2ccc(CCl)cc2[N+](=O)[O-])CC1. The molecule has 1 aromatic rings. The van der Waals surface area contributed by atoms with E-state index in [0.717, 1.165) is 38.3 Å². The maximum Gasteiger partial charge on any atom is 0.292 e. The van der Waals surface area contributed by atoms with Crippen LogP contribution in [0.4, 0.5) is 11.4 Å². The highest BCUT2D eigenvalue weighted by atomic mass is 35.5. The molecule has 0 aromatic heterocycles. The summed E-state index contributed by atoms with van der Waals surface area (Å²) in [5, 5.41) is 11.3. The first-order chi connectivity index (χ1) is 10.0. The van der Waals surface area contributed by atoms with Crippen LogP contribution in [0.5, 0.6) is 0 Å². The van der Waals surface area contributed by atoms with Gasteiger partial charge < -0.3 is 4.90 Å². The van der Waals surface area contributed by atoms with Crippen molar-refractivity contribution in [2.75, 3.05) is 37.6 Å². The lowest BCUT2D eigenvalue weighted by Crippen LogP contribution is -2.47. The summed E-state index contributed by atoms with van der Waals surface area (Å²) in [5.41, 5.74) is 1.65. The number of benzene rings is 1. The fourth-order valence-corrected chi connectivity index (χ4v) is 2.92. The number of piperazine rings is 1. The van der Waals surface area contributed by atoms with Crippen LogP contribution in [-0.2, 0) is 5.88 Å². The Bertz CT molecular complexity index is 500. The van der Waals surface area contributed by atoms with Crippen LogP contribution in [0.3, 0.4) is 0 Å². The third-order valence-electron chi connectivity index (χ3n) is 3.73. The van der Waals surface area contributed by atoms with Crippen LogP contribution in [0.2, 0.25) is 0 Å². The number of hydrogen-bond donors (Lipinski definition) is 0. The molecule has 2 rings (SSSR count). The number of nitro groups is 1. The van der Waals surface area contributed by atoms with E-state index in [4.69, 9.17) is 11.6 Å². The molecule has 0 atom stereocenters. The zero-order valence-electron chi connectivity index (χ0n) is 12.6. The molecule has 1 aliphatic rings. The lowest BCUT2D eigenvalue weighted by molar-refractivity contribution is -0.384. The first-order valence-electron chi connectivity index (χ1n) is 7.32. The summed E-state index contributed by atoms with van der Waals surface area (Å²) in [4.78, 5) is 15.5. The van der Waals surface area contributed by atoms with Crippen LogP contribution in [0.25, 0.3) is 0 Å². The number of halogens is 1. The van der Waals surface area contributed by atoms with E-state index in [2.05, 4.69) is 23.6 Å². The van der Waals surface area contributed by atoms with Crippen molar-refractivity contribution in [3.63, 3.8) is 0 Å². The Morgan fingerprint density at radius 2 is 1.95 bits per heavy atom. The van der Waals surface area contributed by atoms with E-state index in [1.165, 1.54) is 0 Å². The number of rotatable bonds is 5. The molecule has 0 unspecified atom stereocenters. The summed E-state index contributed by atoms with van der Waals surface area (Å²) in [6, 6.07) is 5.28. The molecule has 0 N–H and O–H groups in total. The Balaban J connectivity index is 2.11. The molecule has 21 heavy (non-hydrogen) atoms. The molecule has 5 nitrogen and oxygen atoms in total. The minimum atomic E-state index is -0.314. The molecule has 6 heteroatoms. The molecule has 0 radical (unpaired) electrons. The van der Waals surface area contributed by atoms with Gasteiger partial charge >= 0.3 is 0 Å². The molecule has 1 fully saturated rings. The molecule has 1 saturated heterocycles. The van der Waals surface area contributed by atoms with Gasteiger partial charge in [0.2, 0.25) is 0 Å². The highest BCUT2D eigenvalue weighted by molar-refractivity contribution is 6.17. The fraction of sp³-hybridized carbons (Fsp3) is 0.600. The Morgan fingerprint density at radius 3 is 2.48 bits per heavy atom. The molecule has 1 aromatic carbocycles. The van der Waals surface area contributed by atoms with E-state index in [-0.39, 0.29) is 10.6 Å². The lowest BCUT2D eigenvalue weighted by Gasteiger charge is -2.36. The van der Waals surface area contributed by atoms with E-state index in [0.29, 0.717) is 17.5 Å². The van der Waals surface area contributed by atoms with Crippen LogP contribution >= 0.6 is 11.6 Å². The van der Waals surface area contributed by atoms with Gasteiger partial charge in [-0.3, -0.25) is 15.0 Å². The van der Waals surface area contributed by atoms with Crippen molar-refractivity contribution in [2.45, 2.75) is 19.7 Å². The number of anilines is 1. The van der Waals surface area contributed by atoms with Crippen molar-refractivity contribution in [3.8, 4) is 0 Å². The number of nitrogens with zero attached hydrogens (tertiary/aromatic N) is 3. The predicted molar refractivity (Wildman–Crippen MR) is 86.1 cm³/mol. The smallest absolute Gasteiger partial charge is 0.292 e. The standard InChI is InChI=1S/C15H22ClN3O2/c1-12(2)11-17-5-7-18(8-6-17)14-4-3-13(10-16)9-15(14)19(20)21/h3-4,9,12H,5-8,10-11H2,1-2H3. The minimum Gasteiger partial charge on any atom is -0.363 e. The topological polar surface area (TPSA) is 49.6 Å². The highest BCUT2D eigenvalue weighted by Crippen LogP contribution is 2.30. The van der Waals surface area contributed by atoms with E-state index in [9.17, 15) is 10.1 Å². The van der Waals surface area contributed by atoms with Gasteiger partial charge in [-0.2, -0.15) is 0 Å². The summed E-state index contributed by atoms with van der Waals surface area (Å²) in [5.74, 6) is 0.942. The van der Waals surface area contributed by atoms with E-state index in [1.54, 1.807) is 6.07 Å². The highest BCUT2D eigenvalue weighted by Gasteiger charge is 2.24. The first kappa shape index (κ1) is 16.0. The number of hydrogen-bond acceptors (Lipinski definition) is 4. The second-order valence-corrected chi connectivity index (χ2v) is 6.16.